The van der Waals surface area contributed by atoms with Crippen LogP contribution in [0.25, 0.3) is 0 Å². The molecule has 1 aliphatic carbocycles. The third-order valence-corrected chi connectivity index (χ3v) is 5.67. The van der Waals surface area contributed by atoms with Gasteiger partial charge in [-0.05, 0) is 42.4 Å². The zero-order valence-corrected chi connectivity index (χ0v) is 15.1. The monoisotopic (exact) mass is 331 g/mol. The van der Waals surface area contributed by atoms with Gasteiger partial charge in [-0.1, -0.05) is 26.8 Å². The van der Waals surface area contributed by atoms with E-state index in [0.29, 0.717) is 0 Å². The van der Waals surface area contributed by atoms with Crippen LogP contribution in [0.15, 0.2) is 18.2 Å². The Morgan fingerprint density at radius 2 is 1.88 bits per heavy atom. The molecule has 132 valence electrons. The number of morpholine rings is 1. The van der Waals surface area contributed by atoms with E-state index in [2.05, 4.69) is 43.9 Å². The molecule has 1 saturated heterocycles. The number of hydrogen-bond acceptors (Lipinski definition) is 4. The predicted molar refractivity (Wildman–Crippen MR) is 93.8 cm³/mol. The van der Waals surface area contributed by atoms with Crippen molar-refractivity contribution in [2.24, 2.45) is 0 Å². The molecule has 0 bridgehead atoms. The van der Waals surface area contributed by atoms with E-state index in [1.165, 1.54) is 18.4 Å². The summed E-state index contributed by atoms with van der Waals surface area (Å²) in [7, 11) is 0. The normalized spacial score (nSPS) is 30.7. The average Bonchev–Trinajstić information content (AvgIpc) is 2.59. The number of fused-ring (bicyclic) bond motifs is 2. The summed E-state index contributed by atoms with van der Waals surface area (Å²) in [6, 6.07) is 6.45. The number of benzene rings is 1. The smallest absolute Gasteiger partial charge is 0.200 e. The van der Waals surface area contributed by atoms with E-state index in [-0.39, 0.29) is 17.2 Å². The van der Waals surface area contributed by atoms with Gasteiger partial charge < -0.3 is 14.2 Å². The molecule has 3 aliphatic rings. The quantitative estimate of drug-likeness (QED) is 0.785. The minimum atomic E-state index is -0.307. The third-order valence-electron chi connectivity index (χ3n) is 5.67. The van der Waals surface area contributed by atoms with Crippen LogP contribution in [-0.2, 0) is 10.2 Å². The van der Waals surface area contributed by atoms with Gasteiger partial charge in [0, 0.05) is 19.5 Å². The first-order valence-corrected chi connectivity index (χ1v) is 9.32. The second-order valence-corrected chi connectivity index (χ2v) is 8.31. The lowest BCUT2D eigenvalue weighted by Crippen LogP contribution is -2.67. The van der Waals surface area contributed by atoms with Gasteiger partial charge in [0.1, 0.15) is 0 Å². The Morgan fingerprint density at radius 3 is 2.62 bits per heavy atom. The Bertz CT molecular complexity index is 603. The maximum absolute atomic E-state index is 6.68. The van der Waals surface area contributed by atoms with Crippen molar-refractivity contribution in [3.05, 3.63) is 23.8 Å². The molecule has 4 rings (SSSR count). The molecule has 4 heteroatoms. The van der Waals surface area contributed by atoms with Crippen LogP contribution in [0.4, 0.5) is 0 Å². The summed E-state index contributed by atoms with van der Waals surface area (Å²) in [6.45, 7) is 10.1. The van der Waals surface area contributed by atoms with Crippen LogP contribution in [0.2, 0.25) is 0 Å². The van der Waals surface area contributed by atoms with Crippen LogP contribution in [0.3, 0.4) is 0 Å². The first kappa shape index (κ1) is 16.2. The van der Waals surface area contributed by atoms with Crippen molar-refractivity contribution in [3.63, 3.8) is 0 Å². The number of ether oxygens (including phenoxy) is 3. The van der Waals surface area contributed by atoms with Crippen molar-refractivity contribution in [1.82, 2.24) is 4.90 Å². The van der Waals surface area contributed by atoms with Crippen molar-refractivity contribution < 1.29 is 14.2 Å². The summed E-state index contributed by atoms with van der Waals surface area (Å²) in [5.74, 6) is 1.81. The first-order valence-electron chi connectivity index (χ1n) is 9.32. The largest absolute Gasteiger partial charge is 0.481 e. The Kier molecular flexibility index (Phi) is 4.00. The van der Waals surface area contributed by atoms with Crippen LogP contribution < -0.4 is 9.47 Å². The molecule has 0 amide bonds. The second kappa shape index (κ2) is 5.92. The zero-order valence-electron chi connectivity index (χ0n) is 15.1. The van der Waals surface area contributed by atoms with Crippen LogP contribution in [0.5, 0.6) is 11.5 Å². The Balaban J connectivity index is 1.69. The highest BCUT2D eigenvalue weighted by atomic mass is 16.6. The Labute approximate surface area is 145 Å². The summed E-state index contributed by atoms with van der Waals surface area (Å²) in [5.41, 5.74) is 1.10. The van der Waals surface area contributed by atoms with Gasteiger partial charge >= 0.3 is 0 Å². The molecule has 0 spiro atoms. The summed E-state index contributed by atoms with van der Waals surface area (Å²) in [4.78, 5) is 2.46. The fraction of sp³-hybridized carbons (Fsp3) is 0.700. The van der Waals surface area contributed by atoms with Crippen molar-refractivity contribution in [2.75, 3.05) is 26.3 Å². The molecule has 0 aromatic heterocycles. The van der Waals surface area contributed by atoms with Crippen molar-refractivity contribution in [2.45, 2.75) is 63.7 Å². The van der Waals surface area contributed by atoms with Crippen molar-refractivity contribution in [1.29, 1.82) is 0 Å². The van der Waals surface area contributed by atoms with E-state index in [0.717, 1.165) is 50.6 Å². The van der Waals surface area contributed by atoms with Crippen LogP contribution >= 0.6 is 0 Å². The van der Waals surface area contributed by atoms with Gasteiger partial charge in [-0.25, -0.2) is 0 Å². The summed E-state index contributed by atoms with van der Waals surface area (Å²) in [6.07, 6.45) is 4.64. The highest BCUT2D eigenvalue weighted by Gasteiger charge is 2.52. The SMILES string of the molecule is CC(C)(C)c1ccc2c(c1)OC1CCCCC1(N1CCOCC1)O2. The highest BCUT2D eigenvalue weighted by molar-refractivity contribution is 5.47. The highest BCUT2D eigenvalue weighted by Crippen LogP contribution is 2.47. The molecular weight excluding hydrogens is 302 g/mol. The molecule has 2 atom stereocenters. The van der Waals surface area contributed by atoms with E-state index >= 15 is 0 Å². The van der Waals surface area contributed by atoms with Gasteiger partial charge in [0.15, 0.2) is 17.6 Å². The van der Waals surface area contributed by atoms with Crippen LogP contribution in [0, 0.1) is 0 Å². The molecule has 2 aliphatic heterocycles. The fourth-order valence-corrected chi connectivity index (χ4v) is 4.23. The van der Waals surface area contributed by atoms with Gasteiger partial charge in [0.2, 0.25) is 5.72 Å². The topological polar surface area (TPSA) is 30.9 Å². The van der Waals surface area contributed by atoms with Crippen LogP contribution in [-0.4, -0.2) is 43.0 Å². The first-order chi connectivity index (χ1) is 11.5. The minimum absolute atomic E-state index is 0.115. The number of hydrogen-bond donors (Lipinski definition) is 0. The molecule has 1 saturated carbocycles. The summed E-state index contributed by atoms with van der Waals surface area (Å²) in [5, 5.41) is 0. The standard InChI is InChI=1S/C20H29NO3/c1-19(2,3)15-7-8-16-17(14-15)23-18-6-4-5-9-20(18,24-16)21-10-12-22-13-11-21/h7-8,14,18H,4-6,9-13H2,1-3H3. The molecule has 1 aromatic carbocycles. The third kappa shape index (κ3) is 2.70. The van der Waals surface area contributed by atoms with Gasteiger partial charge in [-0.3, -0.25) is 4.90 Å². The molecule has 2 fully saturated rings. The average molecular weight is 331 g/mol. The van der Waals surface area contributed by atoms with Crippen LogP contribution in [0.1, 0.15) is 52.0 Å². The van der Waals surface area contributed by atoms with E-state index < -0.39 is 0 Å². The van der Waals surface area contributed by atoms with Gasteiger partial charge in [0.05, 0.1) is 13.2 Å². The molecule has 4 nitrogen and oxygen atoms in total. The van der Waals surface area contributed by atoms with Gasteiger partial charge in [-0.2, -0.15) is 0 Å². The molecule has 24 heavy (non-hydrogen) atoms. The minimum Gasteiger partial charge on any atom is -0.481 e. The molecule has 2 heterocycles. The molecule has 0 N–H and O–H groups in total. The van der Waals surface area contributed by atoms with E-state index in [1.54, 1.807) is 0 Å². The number of rotatable bonds is 1. The molecule has 1 aromatic rings. The molecule has 2 unspecified atom stereocenters. The predicted octanol–water partition coefficient (Wildman–Crippen LogP) is 3.73. The van der Waals surface area contributed by atoms with Gasteiger partial charge in [-0.15, -0.1) is 0 Å². The number of nitrogens with zero attached hydrogens (tertiary/aromatic N) is 1. The maximum atomic E-state index is 6.68. The van der Waals surface area contributed by atoms with Crippen molar-refractivity contribution >= 4 is 0 Å². The van der Waals surface area contributed by atoms with E-state index in [1.807, 2.05) is 0 Å². The summed E-state index contributed by atoms with van der Waals surface area (Å²) < 4.78 is 18.7. The lowest BCUT2D eigenvalue weighted by atomic mass is 9.84. The lowest BCUT2D eigenvalue weighted by molar-refractivity contribution is -0.203. The second-order valence-electron chi connectivity index (χ2n) is 8.31. The van der Waals surface area contributed by atoms with Gasteiger partial charge in [0.25, 0.3) is 0 Å². The lowest BCUT2D eigenvalue weighted by Gasteiger charge is -2.53. The van der Waals surface area contributed by atoms with Crippen molar-refractivity contribution in [3.8, 4) is 11.5 Å². The summed E-state index contributed by atoms with van der Waals surface area (Å²) >= 11 is 0. The Morgan fingerprint density at radius 1 is 1.08 bits per heavy atom. The Hall–Kier alpha value is -1.26. The molecular formula is C20H29NO3. The zero-order chi connectivity index (χ0) is 16.8. The molecule has 0 radical (unpaired) electrons. The fourth-order valence-electron chi connectivity index (χ4n) is 4.23. The maximum Gasteiger partial charge on any atom is 0.200 e. The van der Waals surface area contributed by atoms with E-state index in [9.17, 15) is 0 Å². The van der Waals surface area contributed by atoms with E-state index in [4.69, 9.17) is 14.2 Å².